The van der Waals surface area contributed by atoms with Gasteiger partial charge in [0.2, 0.25) is 5.95 Å². The number of morpholine rings is 1. The quantitative estimate of drug-likeness (QED) is 0.563. The fourth-order valence-corrected chi connectivity index (χ4v) is 4.14. The van der Waals surface area contributed by atoms with Crippen molar-refractivity contribution in [2.45, 2.75) is 20.3 Å². The number of halogens is 1. The van der Waals surface area contributed by atoms with Gasteiger partial charge in [-0.05, 0) is 30.5 Å². The molecule has 0 saturated carbocycles. The third kappa shape index (κ3) is 6.41. The summed E-state index contributed by atoms with van der Waals surface area (Å²) in [5.41, 5.74) is 0. The van der Waals surface area contributed by atoms with Crippen LogP contribution in [0.3, 0.4) is 0 Å². The van der Waals surface area contributed by atoms with Crippen LogP contribution in [0.5, 0.6) is 0 Å². The van der Waals surface area contributed by atoms with E-state index >= 15 is 0 Å². The molecule has 2 saturated heterocycles. The maximum atomic E-state index is 6.23. The number of aromatic nitrogens is 2. The zero-order valence-corrected chi connectivity index (χ0v) is 17.7. The maximum Gasteiger partial charge on any atom is 0.232 e. The Morgan fingerprint density at radius 1 is 1.26 bits per heavy atom. The number of piperidine rings is 1. The van der Waals surface area contributed by atoms with Crippen molar-refractivity contribution < 1.29 is 4.74 Å². The zero-order chi connectivity index (χ0) is 19.2. The zero-order valence-electron chi connectivity index (χ0n) is 16.1. The molecule has 0 aliphatic carbocycles. The lowest BCUT2D eigenvalue weighted by Crippen LogP contribution is -2.42. The van der Waals surface area contributed by atoms with Gasteiger partial charge >= 0.3 is 0 Å². The van der Waals surface area contributed by atoms with Gasteiger partial charge in [0.25, 0.3) is 0 Å². The van der Waals surface area contributed by atoms with Crippen molar-refractivity contribution in [2.24, 2.45) is 11.8 Å². The van der Waals surface area contributed by atoms with E-state index in [-0.39, 0.29) is 0 Å². The van der Waals surface area contributed by atoms with E-state index in [9.17, 15) is 0 Å². The molecule has 7 nitrogen and oxygen atoms in total. The van der Waals surface area contributed by atoms with Crippen LogP contribution in [-0.4, -0.2) is 72.5 Å². The van der Waals surface area contributed by atoms with Gasteiger partial charge in [0.15, 0.2) is 5.11 Å². The Hall–Kier alpha value is -1.22. The molecule has 0 aromatic carbocycles. The second kappa shape index (κ2) is 9.82. The molecular weight excluding hydrogens is 384 g/mol. The molecule has 150 valence electrons. The average Bonchev–Trinajstić information content (AvgIpc) is 2.61. The van der Waals surface area contributed by atoms with E-state index in [0.717, 1.165) is 58.3 Å². The normalized spacial score (nSPS) is 23.9. The largest absolute Gasteiger partial charge is 0.379 e. The number of nitrogens with one attached hydrogen (secondary N) is 2. The van der Waals surface area contributed by atoms with Crippen LogP contribution in [-0.2, 0) is 4.74 Å². The van der Waals surface area contributed by atoms with Crippen molar-refractivity contribution in [3.05, 3.63) is 11.2 Å². The van der Waals surface area contributed by atoms with E-state index < -0.39 is 0 Å². The van der Waals surface area contributed by atoms with Gasteiger partial charge in [0.1, 0.15) is 11.0 Å². The fraction of sp³-hybridized carbons (Fsp3) is 0.722. The molecule has 3 heterocycles. The van der Waals surface area contributed by atoms with Crippen LogP contribution < -0.4 is 15.5 Å². The van der Waals surface area contributed by atoms with Crippen LogP contribution in [0.25, 0.3) is 0 Å². The smallest absolute Gasteiger partial charge is 0.232 e. The summed E-state index contributed by atoms with van der Waals surface area (Å²) >= 11 is 11.6. The van der Waals surface area contributed by atoms with Gasteiger partial charge in [-0.1, -0.05) is 25.4 Å². The highest BCUT2D eigenvalue weighted by Gasteiger charge is 2.23. The molecule has 2 N–H and O–H groups in total. The predicted octanol–water partition coefficient (Wildman–Crippen LogP) is 2.23. The van der Waals surface area contributed by atoms with Crippen molar-refractivity contribution in [2.75, 3.05) is 62.7 Å². The first kappa shape index (κ1) is 20.5. The Kier molecular flexibility index (Phi) is 7.46. The van der Waals surface area contributed by atoms with Crippen molar-refractivity contribution in [3.8, 4) is 0 Å². The second-order valence-electron chi connectivity index (χ2n) is 7.56. The minimum Gasteiger partial charge on any atom is -0.379 e. The molecule has 9 heteroatoms. The second-order valence-corrected chi connectivity index (χ2v) is 8.35. The number of rotatable bonds is 5. The highest BCUT2D eigenvalue weighted by Crippen LogP contribution is 2.26. The molecule has 2 fully saturated rings. The number of nitrogens with zero attached hydrogens (tertiary/aromatic N) is 4. The lowest BCUT2D eigenvalue weighted by Gasteiger charge is -2.35. The molecule has 2 aliphatic rings. The first-order valence-corrected chi connectivity index (χ1v) is 10.4. The summed E-state index contributed by atoms with van der Waals surface area (Å²) in [7, 11) is 0. The Morgan fingerprint density at radius 3 is 2.67 bits per heavy atom. The van der Waals surface area contributed by atoms with Crippen LogP contribution in [0.1, 0.15) is 20.3 Å². The Bertz CT molecular complexity index is 632. The molecule has 27 heavy (non-hydrogen) atoms. The molecule has 0 unspecified atom stereocenters. The summed E-state index contributed by atoms with van der Waals surface area (Å²) in [5.74, 6) is 2.57. The molecule has 0 bridgehead atoms. The molecule has 2 aliphatic heterocycles. The van der Waals surface area contributed by atoms with Crippen molar-refractivity contribution >= 4 is 40.7 Å². The molecule has 0 spiro atoms. The first-order valence-electron chi connectivity index (χ1n) is 9.64. The van der Waals surface area contributed by atoms with Crippen LogP contribution in [0.4, 0.5) is 11.8 Å². The van der Waals surface area contributed by atoms with Crippen LogP contribution in [0.2, 0.25) is 5.15 Å². The van der Waals surface area contributed by atoms with Crippen LogP contribution in [0.15, 0.2) is 6.07 Å². The number of hydrogen-bond donors (Lipinski definition) is 2. The van der Waals surface area contributed by atoms with E-state index in [1.54, 1.807) is 0 Å². The van der Waals surface area contributed by atoms with Crippen LogP contribution in [0, 0.1) is 11.8 Å². The third-order valence-corrected chi connectivity index (χ3v) is 5.36. The minimum atomic E-state index is 0.421. The summed E-state index contributed by atoms with van der Waals surface area (Å²) in [6, 6.07) is 1.83. The molecular formula is C18H29ClN6OS. The topological polar surface area (TPSA) is 65.6 Å². The van der Waals surface area contributed by atoms with Crippen molar-refractivity contribution in [1.29, 1.82) is 0 Å². The number of thiocarbonyl (C=S) groups is 1. The summed E-state index contributed by atoms with van der Waals surface area (Å²) in [5, 5.41) is 7.21. The van der Waals surface area contributed by atoms with E-state index in [2.05, 4.69) is 44.2 Å². The SMILES string of the molecule is C[C@@H]1C[C@@H](C)CN(c2cc(Cl)nc(NC(=S)NCCN3CCOCC3)n2)C1. The highest BCUT2D eigenvalue weighted by molar-refractivity contribution is 7.80. The van der Waals surface area contributed by atoms with E-state index in [4.69, 9.17) is 28.6 Å². The van der Waals surface area contributed by atoms with Gasteiger partial charge in [-0.25, -0.2) is 4.98 Å². The van der Waals surface area contributed by atoms with Gasteiger partial charge in [0, 0.05) is 45.3 Å². The molecule has 0 amide bonds. The van der Waals surface area contributed by atoms with Crippen molar-refractivity contribution in [1.82, 2.24) is 20.2 Å². The summed E-state index contributed by atoms with van der Waals surface area (Å²) in [4.78, 5) is 13.5. The first-order chi connectivity index (χ1) is 13.0. The number of anilines is 2. The van der Waals surface area contributed by atoms with E-state index in [1.165, 1.54) is 6.42 Å². The molecule has 1 aromatic heterocycles. The third-order valence-electron chi connectivity index (χ3n) is 4.92. The Balaban J connectivity index is 1.53. The van der Waals surface area contributed by atoms with E-state index in [0.29, 0.717) is 28.0 Å². The monoisotopic (exact) mass is 412 g/mol. The lowest BCUT2D eigenvalue weighted by molar-refractivity contribution is 0.0389. The van der Waals surface area contributed by atoms with Crippen molar-refractivity contribution in [3.63, 3.8) is 0 Å². The Morgan fingerprint density at radius 2 is 1.96 bits per heavy atom. The summed E-state index contributed by atoms with van der Waals surface area (Å²) < 4.78 is 5.36. The van der Waals surface area contributed by atoms with Gasteiger partial charge in [-0.2, -0.15) is 4.98 Å². The summed E-state index contributed by atoms with van der Waals surface area (Å²) in [6.45, 7) is 11.8. The predicted molar refractivity (Wildman–Crippen MR) is 114 cm³/mol. The molecule has 3 rings (SSSR count). The standard InChI is InChI=1S/C18H29ClN6OS/c1-13-9-14(2)12-25(11-13)16-10-15(19)21-17(22-16)23-18(27)20-3-4-24-5-7-26-8-6-24/h10,13-14H,3-9,11-12H2,1-2H3,(H2,20,21,22,23,27)/t13-,14-/m1/s1. The molecule has 1 aromatic rings. The van der Waals surface area contributed by atoms with Crippen LogP contribution >= 0.6 is 23.8 Å². The average molecular weight is 413 g/mol. The van der Waals surface area contributed by atoms with Gasteiger partial charge in [0.05, 0.1) is 13.2 Å². The number of hydrogen-bond acceptors (Lipinski definition) is 6. The molecule has 0 radical (unpaired) electrons. The fourth-order valence-electron chi connectivity index (χ4n) is 3.77. The molecule has 2 atom stereocenters. The van der Waals surface area contributed by atoms with Gasteiger partial charge in [-0.15, -0.1) is 0 Å². The maximum absolute atomic E-state index is 6.23. The van der Waals surface area contributed by atoms with Gasteiger partial charge in [-0.3, -0.25) is 4.90 Å². The lowest BCUT2D eigenvalue weighted by atomic mass is 9.92. The van der Waals surface area contributed by atoms with Gasteiger partial charge < -0.3 is 20.3 Å². The highest BCUT2D eigenvalue weighted by atomic mass is 35.5. The number of ether oxygens (including phenoxy) is 1. The Labute approximate surface area is 171 Å². The van der Waals surface area contributed by atoms with E-state index in [1.807, 2.05) is 6.07 Å². The minimum absolute atomic E-state index is 0.421. The summed E-state index contributed by atoms with van der Waals surface area (Å²) in [6.07, 6.45) is 1.25.